The smallest absolute Gasteiger partial charge is 0.0516 e. The van der Waals surface area contributed by atoms with Crippen LogP contribution in [-0.4, -0.2) is 5.71 Å². The zero-order chi connectivity index (χ0) is 7.84. The fourth-order valence-electron chi connectivity index (χ4n) is 1.54. The highest BCUT2D eigenvalue weighted by Crippen LogP contribution is 2.26. The lowest BCUT2D eigenvalue weighted by atomic mass is 9.92. The Morgan fingerprint density at radius 2 is 2.18 bits per heavy atom. The van der Waals surface area contributed by atoms with E-state index in [1.165, 1.54) is 11.3 Å². The number of nitrogens with zero attached hydrogens (tertiary/aromatic N) is 1. The van der Waals surface area contributed by atoms with Crippen LogP contribution in [0.5, 0.6) is 0 Å². The minimum atomic E-state index is 0.472. The molecule has 1 atom stereocenters. The molecular weight excluding hydrogens is 134 g/mol. The summed E-state index contributed by atoms with van der Waals surface area (Å²) in [5.74, 6) is 0.472. The highest BCUT2D eigenvalue weighted by molar-refractivity contribution is 6.03. The second-order valence-electron chi connectivity index (χ2n) is 3.09. The van der Waals surface area contributed by atoms with Crippen LogP contribution in [0.15, 0.2) is 40.6 Å². The summed E-state index contributed by atoms with van der Waals surface area (Å²) in [6.07, 6.45) is 8.52. The Bertz CT molecular complexity index is 303. The molecule has 0 N–H and O–H groups in total. The summed E-state index contributed by atoms with van der Waals surface area (Å²) in [5.41, 5.74) is 3.73. The maximum atomic E-state index is 4.41. The van der Waals surface area contributed by atoms with Crippen LogP contribution in [0.2, 0.25) is 0 Å². The Morgan fingerprint density at radius 3 is 2.91 bits per heavy atom. The summed E-state index contributed by atoms with van der Waals surface area (Å²) >= 11 is 0. The molecule has 0 aromatic heterocycles. The molecular formula is C10H11N. The van der Waals surface area contributed by atoms with Crippen molar-refractivity contribution in [3.05, 3.63) is 35.6 Å². The van der Waals surface area contributed by atoms with Crippen molar-refractivity contribution in [3.8, 4) is 0 Å². The van der Waals surface area contributed by atoms with Gasteiger partial charge in [0.2, 0.25) is 0 Å². The monoisotopic (exact) mass is 145 g/mol. The van der Waals surface area contributed by atoms with Gasteiger partial charge in [0.1, 0.15) is 0 Å². The first-order chi connectivity index (χ1) is 5.27. The minimum Gasteiger partial charge on any atom is -0.258 e. The number of rotatable bonds is 0. The van der Waals surface area contributed by atoms with Crippen LogP contribution >= 0.6 is 0 Å². The van der Waals surface area contributed by atoms with Gasteiger partial charge in [0.05, 0.1) is 5.71 Å². The van der Waals surface area contributed by atoms with Gasteiger partial charge in [-0.15, -0.1) is 0 Å². The van der Waals surface area contributed by atoms with Crippen LogP contribution in [0.4, 0.5) is 0 Å². The van der Waals surface area contributed by atoms with Gasteiger partial charge < -0.3 is 0 Å². The Morgan fingerprint density at radius 1 is 1.36 bits per heavy atom. The van der Waals surface area contributed by atoms with Gasteiger partial charge in [-0.1, -0.05) is 23.8 Å². The van der Waals surface area contributed by atoms with Gasteiger partial charge in [0.25, 0.3) is 0 Å². The van der Waals surface area contributed by atoms with Crippen molar-refractivity contribution in [2.24, 2.45) is 10.9 Å². The van der Waals surface area contributed by atoms with Gasteiger partial charge >= 0.3 is 0 Å². The van der Waals surface area contributed by atoms with Crippen LogP contribution < -0.4 is 0 Å². The normalized spacial score (nSPS) is 27.5. The minimum absolute atomic E-state index is 0.472. The highest BCUT2D eigenvalue weighted by Gasteiger charge is 2.19. The van der Waals surface area contributed by atoms with Crippen molar-refractivity contribution in [2.45, 2.75) is 13.8 Å². The maximum Gasteiger partial charge on any atom is 0.0516 e. The predicted octanol–water partition coefficient (Wildman–Crippen LogP) is 2.48. The lowest BCUT2D eigenvalue weighted by Gasteiger charge is -2.11. The molecule has 1 aliphatic heterocycles. The van der Waals surface area contributed by atoms with E-state index in [2.05, 4.69) is 36.2 Å². The molecule has 0 aromatic rings. The summed E-state index contributed by atoms with van der Waals surface area (Å²) < 4.78 is 0. The number of hydrogen-bond donors (Lipinski definition) is 0. The zero-order valence-corrected chi connectivity index (χ0v) is 6.83. The van der Waals surface area contributed by atoms with Crippen molar-refractivity contribution < 1.29 is 0 Å². The third kappa shape index (κ3) is 0.967. The molecule has 1 unspecified atom stereocenters. The largest absolute Gasteiger partial charge is 0.258 e. The van der Waals surface area contributed by atoms with Crippen molar-refractivity contribution in [1.82, 2.24) is 0 Å². The summed E-state index contributed by atoms with van der Waals surface area (Å²) in [5, 5.41) is 0. The van der Waals surface area contributed by atoms with Gasteiger partial charge in [0, 0.05) is 11.6 Å². The van der Waals surface area contributed by atoms with Crippen molar-refractivity contribution in [2.75, 3.05) is 0 Å². The van der Waals surface area contributed by atoms with Gasteiger partial charge in [-0.2, -0.15) is 0 Å². The predicted molar refractivity (Wildman–Crippen MR) is 47.6 cm³/mol. The summed E-state index contributed by atoms with van der Waals surface area (Å²) in [6, 6.07) is 0. The highest BCUT2D eigenvalue weighted by atomic mass is 14.8. The summed E-state index contributed by atoms with van der Waals surface area (Å²) in [7, 11) is 0. The van der Waals surface area contributed by atoms with Crippen LogP contribution in [0.1, 0.15) is 13.8 Å². The molecule has 0 saturated carbocycles. The number of hydrogen-bond acceptors (Lipinski definition) is 1. The summed E-state index contributed by atoms with van der Waals surface area (Å²) in [4.78, 5) is 4.41. The molecule has 0 amide bonds. The molecule has 2 aliphatic rings. The van der Waals surface area contributed by atoms with E-state index in [-0.39, 0.29) is 0 Å². The first-order valence-corrected chi connectivity index (χ1v) is 3.89. The molecule has 1 heterocycles. The van der Waals surface area contributed by atoms with Gasteiger partial charge in [-0.05, 0) is 19.9 Å². The lowest BCUT2D eigenvalue weighted by Crippen LogP contribution is -2.10. The Kier molecular flexibility index (Phi) is 1.31. The number of aliphatic imine (C=N–C) groups is 1. The standard InChI is InChI=1S/C10H11N/c1-7-4-3-5-10-9(7)6-8(2)11-10/h3-6,9H,1-2H3. The van der Waals surface area contributed by atoms with Crippen LogP contribution in [0.3, 0.4) is 0 Å². The van der Waals surface area contributed by atoms with Crippen molar-refractivity contribution >= 4 is 5.71 Å². The second-order valence-corrected chi connectivity index (χ2v) is 3.09. The fraction of sp³-hybridized carbons (Fsp3) is 0.300. The van der Waals surface area contributed by atoms with E-state index >= 15 is 0 Å². The molecule has 11 heavy (non-hydrogen) atoms. The molecule has 0 fully saturated rings. The molecule has 2 rings (SSSR count). The molecule has 0 aromatic carbocycles. The molecule has 0 saturated heterocycles. The van der Waals surface area contributed by atoms with Crippen LogP contribution in [-0.2, 0) is 0 Å². The van der Waals surface area contributed by atoms with Gasteiger partial charge in [0.15, 0.2) is 0 Å². The average molecular weight is 145 g/mol. The van der Waals surface area contributed by atoms with E-state index < -0.39 is 0 Å². The number of fused-ring (bicyclic) bond motifs is 1. The van der Waals surface area contributed by atoms with E-state index in [9.17, 15) is 0 Å². The molecule has 0 spiro atoms. The molecule has 0 bridgehead atoms. The molecule has 1 heteroatoms. The molecule has 56 valence electrons. The third-order valence-electron chi connectivity index (χ3n) is 2.15. The van der Waals surface area contributed by atoms with E-state index in [1.54, 1.807) is 0 Å². The van der Waals surface area contributed by atoms with Gasteiger partial charge in [-0.3, -0.25) is 4.99 Å². The Hall–Kier alpha value is -1.11. The molecule has 0 radical (unpaired) electrons. The van der Waals surface area contributed by atoms with E-state index in [4.69, 9.17) is 0 Å². The second kappa shape index (κ2) is 2.19. The first kappa shape index (κ1) is 6.59. The summed E-state index contributed by atoms with van der Waals surface area (Å²) in [6.45, 7) is 4.20. The van der Waals surface area contributed by atoms with Crippen LogP contribution in [0.25, 0.3) is 0 Å². The first-order valence-electron chi connectivity index (χ1n) is 3.89. The van der Waals surface area contributed by atoms with E-state index in [0.29, 0.717) is 5.92 Å². The van der Waals surface area contributed by atoms with Crippen molar-refractivity contribution in [3.63, 3.8) is 0 Å². The van der Waals surface area contributed by atoms with Crippen LogP contribution in [0, 0.1) is 5.92 Å². The maximum absolute atomic E-state index is 4.41. The average Bonchev–Trinajstić information content (AvgIpc) is 2.31. The van der Waals surface area contributed by atoms with E-state index in [1.807, 2.05) is 6.92 Å². The SMILES string of the molecule is CC1=CC2C(C)=CC=CC2=N1. The molecule has 1 aliphatic carbocycles. The van der Waals surface area contributed by atoms with Crippen molar-refractivity contribution in [1.29, 1.82) is 0 Å². The quantitative estimate of drug-likeness (QED) is 0.496. The van der Waals surface area contributed by atoms with Gasteiger partial charge in [-0.25, -0.2) is 0 Å². The number of allylic oxidation sites excluding steroid dienone is 6. The zero-order valence-electron chi connectivity index (χ0n) is 6.83. The topological polar surface area (TPSA) is 12.4 Å². The van der Waals surface area contributed by atoms with E-state index in [0.717, 1.165) is 5.70 Å². The lowest BCUT2D eigenvalue weighted by molar-refractivity contribution is 1.03. The fourth-order valence-corrected chi connectivity index (χ4v) is 1.54. The third-order valence-corrected chi connectivity index (χ3v) is 2.15. The Balaban J connectivity index is 2.44. The Labute approximate surface area is 66.8 Å². The molecule has 1 nitrogen and oxygen atoms in total.